The molecule has 0 aliphatic rings. The molecular formula is C26H26N4O4. The average Bonchev–Trinajstić information content (AvgIpc) is 3.31. The summed E-state index contributed by atoms with van der Waals surface area (Å²) in [6, 6.07) is 20.6. The molecule has 2 aromatic carbocycles. The highest BCUT2D eigenvalue weighted by Crippen LogP contribution is 2.28. The van der Waals surface area contributed by atoms with E-state index in [0.29, 0.717) is 41.8 Å². The Morgan fingerprint density at radius 1 is 0.971 bits per heavy atom. The minimum absolute atomic E-state index is 0.276. The molecule has 174 valence electrons. The molecule has 8 heteroatoms. The van der Waals surface area contributed by atoms with E-state index in [1.807, 2.05) is 67.6 Å². The van der Waals surface area contributed by atoms with Crippen LogP contribution in [0.15, 0.2) is 66.7 Å². The molecule has 0 aliphatic heterocycles. The number of ether oxygens (including phenoxy) is 3. The van der Waals surface area contributed by atoms with E-state index in [9.17, 15) is 4.79 Å². The molecule has 1 amide bonds. The van der Waals surface area contributed by atoms with Crippen LogP contribution in [-0.2, 0) is 6.42 Å². The third-order valence-corrected chi connectivity index (χ3v) is 5.17. The van der Waals surface area contributed by atoms with E-state index in [1.54, 1.807) is 20.3 Å². The third-order valence-electron chi connectivity index (χ3n) is 5.17. The summed E-state index contributed by atoms with van der Waals surface area (Å²) >= 11 is 0. The number of aromatic nitrogens is 3. The van der Waals surface area contributed by atoms with Gasteiger partial charge >= 0.3 is 0 Å². The molecule has 34 heavy (non-hydrogen) atoms. The predicted octanol–water partition coefficient (Wildman–Crippen LogP) is 4.67. The van der Waals surface area contributed by atoms with Gasteiger partial charge in [0.25, 0.3) is 5.91 Å². The maximum absolute atomic E-state index is 12.4. The van der Waals surface area contributed by atoms with E-state index in [1.165, 1.54) is 0 Å². The van der Waals surface area contributed by atoms with Crippen molar-refractivity contribution in [2.24, 2.45) is 0 Å². The second-order valence-electron chi connectivity index (χ2n) is 7.62. The zero-order valence-corrected chi connectivity index (χ0v) is 19.3. The standard InChI is InChI=1S/C26H26N4O4/c1-17-14-22(30-29-17)26(31)27-20-7-4-6-19(16-20)21-8-5-9-25(28-21)34-13-12-18-10-11-23(32-2)24(15-18)33-3/h4-11,14-16H,12-13H2,1-3H3,(H,27,31)(H,29,30). The molecule has 4 aromatic rings. The van der Waals surface area contributed by atoms with Crippen molar-refractivity contribution in [3.05, 3.63) is 83.7 Å². The molecule has 0 saturated heterocycles. The highest BCUT2D eigenvalue weighted by atomic mass is 16.5. The maximum atomic E-state index is 12.4. The zero-order valence-electron chi connectivity index (χ0n) is 19.3. The molecule has 0 fully saturated rings. The van der Waals surface area contributed by atoms with Gasteiger partial charge in [-0.3, -0.25) is 9.89 Å². The molecule has 4 rings (SSSR count). The molecule has 2 heterocycles. The summed E-state index contributed by atoms with van der Waals surface area (Å²) in [6.07, 6.45) is 0.695. The number of carbonyl (C=O) groups excluding carboxylic acids is 1. The van der Waals surface area contributed by atoms with Gasteiger partial charge in [0.15, 0.2) is 17.2 Å². The number of anilines is 1. The molecule has 2 aromatic heterocycles. The molecule has 0 spiro atoms. The Kier molecular flexibility index (Phi) is 7.07. The van der Waals surface area contributed by atoms with Crippen LogP contribution < -0.4 is 19.5 Å². The van der Waals surface area contributed by atoms with Gasteiger partial charge in [-0.1, -0.05) is 24.3 Å². The lowest BCUT2D eigenvalue weighted by molar-refractivity contribution is 0.102. The van der Waals surface area contributed by atoms with E-state index >= 15 is 0 Å². The van der Waals surface area contributed by atoms with Gasteiger partial charge in [0.2, 0.25) is 5.88 Å². The molecule has 0 unspecified atom stereocenters. The van der Waals surface area contributed by atoms with E-state index in [4.69, 9.17) is 14.2 Å². The van der Waals surface area contributed by atoms with E-state index < -0.39 is 0 Å². The number of benzene rings is 2. The second kappa shape index (κ2) is 10.5. The topological polar surface area (TPSA) is 98.4 Å². The first-order valence-electron chi connectivity index (χ1n) is 10.8. The van der Waals surface area contributed by atoms with Crippen LogP contribution >= 0.6 is 0 Å². The maximum Gasteiger partial charge on any atom is 0.276 e. The Morgan fingerprint density at radius 2 is 1.79 bits per heavy atom. The molecule has 8 nitrogen and oxygen atoms in total. The van der Waals surface area contributed by atoms with Gasteiger partial charge in [0.1, 0.15) is 0 Å². The normalized spacial score (nSPS) is 10.6. The number of H-pyrrole nitrogens is 1. The summed E-state index contributed by atoms with van der Waals surface area (Å²) in [5.74, 6) is 1.63. The van der Waals surface area contributed by atoms with Crippen LogP contribution in [0, 0.1) is 6.92 Å². The average molecular weight is 459 g/mol. The smallest absolute Gasteiger partial charge is 0.276 e. The van der Waals surface area contributed by atoms with Crippen LogP contribution in [0.5, 0.6) is 17.4 Å². The van der Waals surface area contributed by atoms with Crippen LogP contribution in [0.3, 0.4) is 0 Å². The minimum Gasteiger partial charge on any atom is -0.493 e. The highest BCUT2D eigenvalue weighted by molar-refractivity contribution is 6.03. The quantitative estimate of drug-likeness (QED) is 0.378. The van der Waals surface area contributed by atoms with Crippen molar-refractivity contribution in [1.82, 2.24) is 15.2 Å². The van der Waals surface area contributed by atoms with Crippen molar-refractivity contribution in [1.29, 1.82) is 0 Å². The minimum atomic E-state index is -0.276. The first-order valence-corrected chi connectivity index (χ1v) is 10.8. The lowest BCUT2D eigenvalue weighted by Gasteiger charge is -2.11. The van der Waals surface area contributed by atoms with Crippen molar-refractivity contribution in [3.8, 4) is 28.6 Å². The van der Waals surface area contributed by atoms with E-state index in [2.05, 4.69) is 20.5 Å². The Balaban J connectivity index is 1.40. The Hall–Kier alpha value is -4.33. The number of amides is 1. The van der Waals surface area contributed by atoms with Gasteiger partial charge in [0.05, 0.1) is 26.5 Å². The van der Waals surface area contributed by atoms with Crippen LogP contribution in [0.2, 0.25) is 0 Å². The van der Waals surface area contributed by atoms with Gasteiger partial charge in [-0.25, -0.2) is 4.98 Å². The first kappa shape index (κ1) is 22.8. The second-order valence-corrected chi connectivity index (χ2v) is 7.62. The van der Waals surface area contributed by atoms with Gasteiger partial charge in [-0.15, -0.1) is 0 Å². The number of hydrogen-bond donors (Lipinski definition) is 2. The predicted molar refractivity (Wildman–Crippen MR) is 130 cm³/mol. The fourth-order valence-electron chi connectivity index (χ4n) is 3.45. The van der Waals surface area contributed by atoms with Crippen molar-refractivity contribution < 1.29 is 19.0 Å². The molecule has 0 bridgehead atoms. The summed E-state index contributed by atoms with van der Waals surface area (Å²) in [5, 5.41) is 9.63. The van der Waals surface area contributed by atoms with Crippen LogP contribution in [0.25, 0.3) is 11.3 Å². The molecule has 2 N–H and O–H groups in total. The molecule has 0 radical (unpaired) electrons. The number of aromatic amines is 1. The van der Waals surface area contributed by atoms with Gasteiger partial charge in [-0.2, -0.15) is 5.10 Å². The van der Waals surface area contributed by atoms with Crippen molar-refractivity contribution in [2.45, 2.75) is 13.3 Å². The summed E-state index contributed by atoms with van der Waals surface area (Å²) in [4.78, 5) is 17.0. The van der Waals surface area contributed by atoms with Crippen LogP contribution in [0.4, 0.5) is 5.69 Å². The zero-order chi connectivity index (χ0) is 23.9. The van der Waals surface area contributed by atoms with E-state index in [0.717, 1.165) is 22.5 Å². The largest absolute Gasteiger partial charge is 0.493 e. The summed E-state index contributed by atoms with van der Waals surface area (Å²) in [6.45, 7) is 2.31. The molecule has 0 atom stereocenters. The molecule has 0 aliphatic carbocycles. The number of aryl methyl sites for hydroxylation is 1. The number of methoxy groups -OCH3 is 2. The van der Waals surface area contributed by atoms with Gasteiger partial charge in [0, 0.05) is 29.4 Å². The molecule has 0 saturated carbocycles. The number of nitrogens with zero attached hydrogens (tertiary/aromatic N) is 2. The third kappa shape index (κ3) is 5.53. The van der Waals surface area contributed by atoms with Crippen molar-refractivity contribution in [2.75, 3.05) is 26.1 Å². The summed E-state index contributed by atoms with van der Waals surface area (Å²) < 4.78 is 16.5. The Morgan fingerprint density at radius 3 is 2.56 bits per heavy atom. The Bertz CT molecular complexity index is 1290. The highest BCUT2D eigenvalue weighted by Gasteiger charge is 2.11. The van der Waals surface area contributed by atoms with E-state index in [-0.39, 0.29) is 5.91 Å². The number of nitrogens with one attached hydrogen (secondary N) is 2. The number of rotatable bonds is 9. The summed E-state index contributed by atoms with van der Waals surface area (Å²) in [5.41, 5.74) is 4.50. The fraction of sp³-hybridized carbons (Fsp3) is 0.192. The van der Waals surface area contributed by atoms with Crippen LogP contribution in [0.1, 0.15) is 21.7 Å². The fourth-order valence-corrected chi connectivity index (χ4v) is 3.45. The van der Waals surface area contributed by atoms with Crippen molar-refractivity contribution >= 4 is 11.6 Å². The molecular weight excluding hydrogens is 432 g/mol. The first-order chi connectivity index (χ1) is 16.6. The Labute approximate surface area is 197 Å². The number of pyridine rings is 1. The van der Waals surface area contributed by atoms with Gasteiger partial charge in [-0.05, 0) is 48.9 Å². The monoisotopic (exact) mass is 458 g/mol. The summed E-state index contributed by atoms with van der Waals surface area (Å²) in [7, 11) is 3.23. The number of hydrogen-bond acceptors (Lipinski definition) is 6. The van der Waals surface area contributed by atoms with Gasteiger partial charge < -0.3 is 19.5 Å². The van der Waals surface area contributed by atoms with Crippen molar-refractivity contribution in [3.63, 3.8) is 0 Å². The SMILES string of the molecule is COc1ccc(CCOc2cccc(-c3cccc(NC(=O)c4cc(C)[nH]n4)c3)n2)cc1OC. The lowest BCUT2D eigenvalue weighted by atomic mass is 10.1. The van der Waals surface area contributed by atoms with Crippen LogP contribution in [-0.4, -0.2) is 41.9 Å². The lowest BCUT2D eigenvalue weighted by Crippen LogP contribution is -2.12. The number of carbonyl (C=O) groups is 1.